The number of β-amino-alcohol motifs (C(OH)–C–C–N with tert-alkyl or cyclic N) is 1. The van der Waals surface area contributed by atoms with E-state index in [4.69, 9.17) is 11.6 Å². The number of carbonyl (C=O) groups is 1. The van der Waals surface area contributed by atoms with Gasteiger partial charge in [-0.1, -0.05) is 23.7 Å². The van der Waals surface area contributed by atoms with Crippen LogP contribution in [0.1, 0.15) is 28.5 Å². The van der Waals surface area contributed by atoms with Crippen LogP contribution in [0, 0.1) is 5.82 Å². The highest BCUT2D eigenvalue weighted by Crippen LogP contribution is 2.33. The lowest BCUT2D eigenvalue weighted by molar-refractivity contribution is 0.0706. The highest BCUT2D eigenvalue weighted by Gasteiger charge is 2.36. The highest BCUT2D eigenvalue weighted by atomic mass is 35.5. The van der Waals surface area contributed by atoms with Crippen molar-refractivity contribution in [2.45, 2.75) is 18.6 Å². The molecule has 0 spiro atoms. The molecule has 3 rings (SSSR count). The van der Waals surface area contributed by atoms with Crippen LogP contribution in [-0.4, -0.2) is 33.1 Å². The molecule has 2 aromatic rings. The Morgan fingerprint density at radius 1 is 1.36 bits per heavy atom. The maximum atomic E-state index is 13.1. The highest BCUT2D eigenvalue weighted by molar-refractivity contribution is 6.31. The Hall–Kier alpha value is -1.85. The van der Waals surface area contributed by atoms with E-state index in [2.05, 4.69) is 0 Å². The monoisotopic (exact) mass is 322 g/mol. The summed E-state index contributed by atoms with van der Waals surface area (Å²) in [5.41, 5.74) is 1.28. The third-order valence-electron chi connectivity index (χ3n) is 3.99. The number of aromatic nitrogens is 1. The smallest absolute Gasteiger partial charge is 0.271 e. The molecule has 0 unspecified atom stereocenters. The van der Waals surface area contributed by atoms with Crippen LogP contribution in [0.2, 0.25) is 5.02 Å². The van der Waals surface area contributed by atoms with Crippen LogP contribution in [-0.2, 0) is 7.05 Å². The second-order valence-electron chi connectivity index (χ2n) is 5.57. The summed E-state index contributed by atoms with van der Waals surface area (Å²) >= 11 is 5.93. The number of likely N-dealkylation sites (tertiary alicyclic amines) is 1. The van der Waals surface area contributed by atoms with Crippen molar-refractivity contribution in [1.82, 2.24) is 9.47 Å². The average molecular weight is 323 g/mol. The van der Waals surface area contributed by atoms with Crippen LogP contribution in [0.15, 0.2) is 36.5 Å². The molecule has 4 nitrogen and oxygen atoms in total. The Balaban J connectivity index is 1.92. The molecule has 2 atom stereocenters. The lowest BCUT2D eigenvalue weighted by Gasteiger charge is -2.25. The number of halogens is 2. The minimum atomic E-state index is -0.588. The quantitative estimate of drug-likeness (QED) is 0.924. The van der Waals surface area contributed by atoms with E-state index in [0.29, 0.717) is 17.1 Å². The number of aryl methyl sites for hydroxylation is 1. The van der Waals surface area contributed by atoms with Crippen LogP contribution in [0.25, 0.3) is 0 Å². The molecule has 0 saturated carbocycles. The van der Waals surface area contributed by atoms with E-state index in [9.17, 15) is 14.3 Å². The van der Waals surface area contributed by atoms with Gasteiger partial charge in [0.05, 0.1) is 17.2 Å². The number of nitrogens with zero attached hydrogens (tertiary/aromatic N) is 2. The number of hydrogen-bond donors (Lipinski definition) is 1. The van der Waals surface area contributed by atoms with Gasteiger partial charge in [-0.15, -0.1) is 0 Å². The molecule has 1 N–H and O–H groups in total. The van der Waals surface area contributed by atoms with Gasteiger partial charge in [-0.25, -0.2) is 4.39 Å². The number of benzene rings is 1. The number of hydrogen-bond acceptors (Lipinski definition) is 2. The van der Waals surface area contributed by atoms with Crippen molar-refractivity contribution in [2.75, 3.05) is 6.54 Å². The third kappa shape index (κ3) is 2.74. The van der Waals surface area contributed by atoms with Gasteiger partial charge in [-0.2, -0.15) is 0 Å². The molecule has 1 aromatic heterocycles. The molecule has 2 heterocycles. The molecule has 0 aliphatic carbocycles. The summed E-state index contributed by atoms with van der Waals surface area (Å²) in [5.74, 6) is -0.519. The maximum Gasteiger partial charge on any atom is 0.271 e. The fraction of sp³-hybridized carbons (Fsp3) is 0.312. The molecule has 6 heteroatoms. The van der Waals surface area contributed by atoms with Crippen LogP contribution >= 0.6 is 11.6 Å². The number of rotatable bonds is 2. The zero-order valence-electron chi connectivity index (χ0n) is 12.0. The largest absolute Gasteiger partial charge is 0.391 e. The molecule has 1 aliphatic rings. The predicted octanol–water partition coefficient (Wildman–Crippen LogP) is 2.77. The van der Waals surface area contributed by atoms with Gasteiger partial charge in [0, 0.05) is 19.8 Å². The molecule has 1 fully saturated rings. The van der Waals surface area contributed by atoms with Gasteiger partial charge >= 0.3 is 0 Å². The van der Waals surface area contributed by atoms with Gasteiger partial charge in [0.25, 0.3) is 5.91 Å². The second-order valence-corrected chi connectivity index (χ2v) is 6.01. The molecular formula is C16H16ClFN2O2. The van der Waals surface area contributed by atoms with Crippen LogP contribution in [0.4, 0.5) is 4.39 Å². The van der Waals surface area contributed by atoms with Crippen molar-refractivity contribution in [2.24, 2.45) is 7.05 Å². The zero-order chi connectivity index (χ0) is 15.9. The van der Waals surface area contributed by atoms with Crippen molar-refractivity contribution in [3.63, 3.8) is 0 Å². The van der Waals surface area contributed by atoms with E-state index in [1.165, 1.54) is 12.1 Å². The van der Waals surface area contributed by atoms with Gasteiger partial charge in [-0.3, -0.25) is 4.79 Å². The van der Waals surface area contributed by atoms with Gasteiger partial charge in [0.15, 0.2) is 0 Å². The Kier molecular flexibility index (Phi) is 3.93. The van der Waals surface area contributed by atoms with Crippen molar-refractivity contribution in [3.8, 4) is 0 Å². The zero-order valence-corrected chi connectivity index (χ0v) is 12.8. The minimum absolute atomic E-state index is 0.194. The second kappa shape index (κ2) is 5.74. The Morgan fingerprint density at radius 3 is 2.64 bits per heavy atom. The summed E-state index contributed by atoms with van der Waals surface area (Å²) in [6.07, 6.45) is 1.51. The summed E-state index contributed by atoms with van der Waals surface area (Å²) in [5, 5.41) is 10.4. The molecule has 1 aromatic carbocycles. The van der Waals surface area contributed by atoms with E-state index >= 15 is 0 Å². The Morgan fingerprint density at radius 2 is 2.05 bits per heavy atom. The summed E-state index contributed by atoms with van der Waals surface area (Å²) in [6.45, 7) is 0.254. The summed E-state index contributed by atoms with van der Waals surface area (Å²) < 4.78 is 14.7. The summed E-state index contributed by atoms with van der Waals surface area (Å²) in [4.78, 5) is 14.4. The molecule has 0 bridgehead atoms. The topological polar surface area (TPSA) is 45.5 Å². The van der Waals surface area contributed by atoms with E-state index < -0.39 is 6.10 Å². The van der Waals surface area contributed by atoms with E-state index in [0.717, 1.165) is 5.56 Å². The van der Waals surface area contributed by atoms with E-state index in [-0.39, 0.29) is 24.3 Å². The van der Waals surface area contributed by atoms with Crippen LogP contribution in [0.5, 0.6) is 0 Å². The number of amides is 1. The van der Waals surface area contributed by atoms with Crippen LogP contribution < -0.4 is 0 Å². The Labute approximate surface area is 132 Å². The fourth-order valence-electron chi connectivity index (χ4n) is 2.92. The molecular weight excluding hydrogens is 307 g/mol. The first-order valence-corrected chi connectivity index (χ1v) is 7.40. The minimum Gasteiger partial charge on any atom is -0.391 e. The Bertz CT molecular complexity index is 699. The molecule has 1 amide bonds. The molecule has 1 aliphatic heterocycles. The SMILES string of the molecule is Cn1cc(Cl)cc1C(=O)N1C[C@@H](O)C[C@H]1c1ccc(F)cc1. The average Bonchev–Trinajstić information content (AvgIpc) is 3.01. The lowest BCUT2D eigenvalue weighted by Crippen LogP contribution is -2.32. The van der Waals surface area contributed by atoms with Crippen molar-refractivity contribution in [1.29, 1.82) is 0 Å². The first-order valence-electron chi connectivity index (χ1n) is 7.02. The lowest BCUT2D eigenvalue weighted by atomic mass is 10.0. The summed E-state index contributed by atoms with van der Waals surface area (Å²) in [7, 11) is 1.75. The van der Waals surface area contributed by atoms with Crippen molar-refractivity contribution in [3.05, 3.63) is 58.6 Å². The summed E-state index contributed by atoms with van der Waals surface area (Å²) in [6, 6.07) is 7.37. The molecule has 116 valence electrons. The van der Waals surface area contributed by atoms with Gasteiger partial charge < -0.3 is 14.6 Å². The standard InChI is InChI=1S/C16H16ClFN2O2/c1-19-8-11(17)6-15(19)16(22)20-9-13(21)7-14(20)10-2-4-12(18)5-3-10/h2-6,8,13-14,21H,7,9H2,1H3/t13-,14-/m0/s1. The van der Waals surface area contributed by atoms with E-state index in [1.54, 1.807) is 40.9 Å². The number of aliphatic hydroxyl groups is 1. The number of aliphatic hydroxyl groups excluding tert-OH is 1. The molecule has 1 saturated heterocycles. The normalized spacial score (nSPS) is 21.4. The van der Waals surface area contributed by atoms with Gasteiger partial charge in [0.1, 0.15) is 11.5 Å². The van der Waals surface area contributed by atoms with E-state index in [1.807, 2.05) is 0 Å². The van der Waals surface area contributed by atoms with Gasteiger partial charge in [0.2, 0.25) is 0 Å². The fourth-order valence-corrected chi connectivity index (χ4v) is 3.17. The third-order valence-corrected chi connectivity index (χ3v) is 4.19. The van der Waals surface area contributed by atoms with Crippen LogP contribution in [0.3, 0.4) is 0 Å². The van der Waals surface area contributed by atoms with Gasteiger partial charge in [-0.05, 0) is 30.2 Å². The predicted molar refractivity (Wildman–Crippen MR) is 81.2 cm³/mol. The molecule has 22 heavy (non-hydrogen) atoms. The van der Waals surface area contributed by atoms with Crippen molar-refractivity contribution < 1.29 is 14.3 Å². The van der Waals surface area contributed by atoms with Crippen molar-refractivity contribution >= 4 is 17.5 Å². The molecule has 0 radical (unpaired) electrons. The first-order chi connectivity index (χ1) is 10.5. The maximum absolute atomic E-state index is 13.1. The number of carbonyl (C=O) groups excluding carboxylic acids is 1. The first kappa shape index (κ1) is 15.1.